The second kappa shape index (κ2) is 7.76. The summed E-state index contributed by atoms with van der Waals surface area (Å²) in [4.78, 5) is 27.0. The number of anilines is 1. The van der Waals surface area contributed by atoms with Crippen LogP contribution >= 0.6 is 11.8 Å². The lowest BCUT2D eigenvalue weighted by Crippen LogP contribution is -2.38. The Balaban J connectivity index is 1.78. The van der Waals surface area contributed by atoms with E-state index in [2.05, 4.69) is 5.32 Å². The number of furan rings is 1. The summed E-state index contributed by atoms with van der Waals surface area (Å²) < 4.78 is 5.20. The van der Waals surface area contributed by atoms with E-state index in [-0.39, 0.29) is 18.4 Å². The van der Waals surface area contributed by atoms with Gasteiger partial charge in [-0.15, -0.1) is 0 Å². The molecule has 0 bridgehead atoms. The minimum absolute atomic E-state index is 0.0163. The van der Waals surface area contributed by atoms with Crippen molar-refractivity contribution in [3.8, 4) is 0 Å². The van der Waals surface area contributed by atoms with Crippen LogP contribution in [0.5, 0.6) is 0 Å². The molecule has 25 heavy (non-hydrogen) atoms. The molecule has 1 aromatic carbocycles. The normalized spacial score (nSPS) is 14.4. The summed E-state index contributed by atoms with van der Waals surface area (Å²) in [5.74, 6) is 2.21. The van der Waals surface area contributed by atoms with Gasteiger partial charge in [0.05, 0.1) is 12.1 Å². The van der Waals surface area contributed by atoms with E-state index in [4.69, 9.17) is 10.2 Å². The zero-order valence-corrected chi connectivity index (χ0v) is 14.9. The number of amides is 2. The molecule has 1 aromatic heterocycles. The number of thioether (sulfide) groups is 1. The monoisotopic (exact) mass is 359 g/mol. The molecule has 1 aliphatic rings. The maximum absolute atomic E-state index is 12.7. The average Bonchev–Trinajstić information content (AvgIpc) is 3.13. The van der Waals surface area contributed by atoms with Crippen molar-refractivity contribution in [2.24, 2.45) is 5.73 Å². The molecule has 1 fully saturated rings. The van der Waals surface area contributed by atoms with Crippen LogP contribution in [0.4, 0.5) is 5.69 Å². The summed E-state index contributed by atoms with van der Waals surface area (Å²) in [5.41, 5.74) is 7.91. The Hall–Kier alpha value is -2.25. The van der Waals surface area contributed by atoms with Gasteiger partial charge in [0.2, 0.25) is 0 Å². The van der Waals surface area contributed by atoms with Crippen LogP contribution in [0.1, 0.15) is 32.0 Å². The number of nitrogens with zero attached hydrogens (tertiary/aromatic N) is 1. The standard InChI is InChI=1S/C18H21N3O3S/c1-12-15(18(23)21-5-7-25-8-6-21)3-2-4-16(12)20-17(22)13-9-14(10-19)24-11-13/h2-4,9,11H,5-8,10,19H2,1H3,(H,20,22). The smallest absolute Gasteiger partial charge is 0.258 e. The molecule has 1 aliphatic heterocycles. The van der Waals surface area contributed by atoms with Crippen LogP contribution in [0.25, 0.3) is 0 Å². The molecule has 0 spiro atoms. The number of rotatable bonds is 4. The average molecular weight is 359 g/mol. The first kappa shape index (κ1) is 17.6. The van der Waals surface area contributed by atoms with Gasteiger partial charge in [-0.05, 0) is 30.7 Å². The zero-order valence-electron chi connectivity index (χ0n) is 14.1. The summed E-state index contributed by atoms with van der Waals surface area (Å²) in [6.45, 7) is 3.61. The molecule has 3 N–H and O–H groups in total. The van der Waals surface area contributed by atoms with Crippen LogP contribution in [0, 0.1) is 6.92 Å². The van der Waals surface area contributed by atoms with Crippen LogP contribution in [0.3, 0.4) is 0 Å². The Bertz CT molecular complexity index is 782. The van der Waals surface area contributed by atoms with Gasteiger partial charge in [-0.2, -0.15) is 11.8 Å². The third-order valence-corrected chi connectivity index (χ3v) is 5.17. The van der Waals surface area contributed by atoms with Crippen molar-refractivity contribution in [1.29, 1.82) is 0 Å². The molecule has 0 unspecified atom stereocenters. The first-order valence-corrected chi connectivity index (χ1v) is 9.31. The molecule has 6 nitrogen and oxygen atoms in total. The topological polar surface area (TPSA) is 88.6 Å². The van der Waals surface area contributed by atoms with Crippen LogP contribution in [0.15, 0.2) is 34.9 Å². The highest BCUT2D eigenvalue weighted by Gasteiger charge is 2.21. The van der Waals surface area contributed by atoms with Crippen molar-refractivity contribution in [2.75, 3.05) is 29.9 Å². The Morgan fingerprint density at radius 1 is 1.32 bits per heavy atom. The molecule has 0 saturated carbocycles. The SMILES string of the molecule is Cc1c(NC(=O)c2coc(CN)c2)cccc1C(=O)N1CCSCC1. The molecule has 0 atom stereocenters. The minimum Gasteiger partial charge on any atom is -0.467 e. The number of nitrogens with one attached hydrogen (secondary N) is 1. The summed E-state index contributed by atoms with van der Waals surface area (Å²) >= 11 is 1.86. The second-order valence-electron chi connectivity index (χ2n) is 5.84. The van der Waals surface area contributed by atoms with Gasteiger partial charge in [-0.3, -0.25) is 9.59 Å². The molecule has 7 heteroatoms. The van der Waals surface area contributed by atoms with Gasteiger partial charge >= 0.3 is 0 Å². The zero-order chi connectivity index (χ0) is 17.8. The quantitative estimate of drug-likeness (QED) is 0.875. The van der Waals surface area contributed by atoms with E-state index in [1.54, 1.807) is 24.3 Å². The van der Waals surface area contributed by atoms with Crippen LogP contribution in [0.2, 0.25) is 0 Å². The summed E-state index contributed by atoms with van der Waals surface area (Å²) in [6.07, 6.45) is 1.38. The summed E-state index contributed by atoms with van der Waals surface area (Å²) in [6, 6.07) is 7.00. The van der Waals surface area contributed by atoms with Crippen molar-refractivity contribution < 1.29 is 14.0 Å². The largest absolute Gasteiger partial charge is 0.467 e. The molecule has 3 rings (SSSR count). The Kier molecular flexibility index (Phi) is 5.45. The Labute approximate surface area is 150 Å². The van der Waals surface area contributed by atoms with Crippen LogP contribution in [-0.2, 0) is 6.54 Å². The van der Waals surface area contributed by atoms with Crippen molar-refractivity contribution in [1.82, 2.24) is 4.90 Å². The predicted octanol–water partition coefficient (Wildman–Crippen LogP) is 2.49. The maximum atomic E-state index is 12.7. The van der Waals surface area contributed by atoms with Crippen molar-refractivity contribution in [2.45, 2.75) is 13.5 Å². The lowest BCUT2D eigenvalue weighted by Gasteiger charge is -2.27. The third-order valence-electron chi connectivity index (χ3n) is 4.23. The molecular weight excluding hydrogens is 338 g/mol. The molecule has 132 valence electrons. The van der Waals surface area contributed by atoms with E-state index in [0.717, 1.165) is 30.2 Å². The van der Waals surface area contributed by atoms with E-state index in [1.165, 1.54) is 6.26 Å². The summed E-state index contributed by atoms with van der Waals surface area (Å²) in [5, 5.41) is 2.85. The summed E-state index contributed by atoms with van der Waals surface area (Å²) in [7, 11) is 0. The molecule has 1 saturated heterocycles. The molecular formula is C18H21N3O3S. The highest BCUT2D eigenvalue weighted by Crippen LogP contribution is 2.23. The fourth-order valence-electron chi connectivity index (χ4n) is 2.74. The Morgan fingerprint density at radius 2 is 2.08 bits per heavy atom. The number of hydrogen-bond donors (Lipinski definition) is 2. The van der Waals surface area contributed by atoms with E-state index in [9.17, 15) is 9.59 Å². The van der Waals surface area contributed by atoms with Crippen molar-refractivity contribution >= 4 is 29.3 Å². The van der Waals surface area contributed by atoms with Gasteiger partial charge in [0.25, 0.3) is 11.8 Å². The first-order chi connectivity index (χ1) is 12.1. The fourth-order valence-corrected chi connectivity index (χ4v) is 3.64. The number of nitrogens with two attached hydrogens (primary N) is 1. The molecule has 2 aromatic rings. The van der Waals surface area contributed by atoms with E-state index >= 15 is 0 Å². The van der Waals surface area contributed by atoms with Gasteiger partial charge < -0.3 is 20.4 Å². The van der Waals surface area contributed by atoms with Gasteiger partial charge in [0, 0.05) is 35.8 Å². The molecule has 0 radical (unpaired) electrons. The van der Waals surface area contributed by atoms with E-state index in [1.807, 2.05) is 23.6 Å². The first-order valence-electron chi connectivity index (χ1n) is 8.15. The third kappa shape index (κ3) is 3.88. The van der Waals surface area contributed by atoms with Crippen molar-refractivity contribution in [3.05, 3.63) is 53.0 Å². The lowest BCUT2D eigenvalue weighted by molar-refractivity contribution is 0.0771. The van der Waals surface area contributed by atoms with Gasteiger partial charge in [-0.25, -0.2) is 0 Å². The van der Waals surface area contributed by atoms with E-state index < -0.39 is 0 Å². The number of carbonyl (C=O) groups excluding carboxylic acids is 2. The predicted molar refractivity (Wildman–Crippen MR) is 99.0 cm³/mol. The van der Waals surface area contributed by atoms with E-state index in [0.29, 0.717) is 22.6 Å². The molecule has 2 heterocycles. The fraction of sp³-hybridized carbons (Fsp3) is 0.333. The second-order valence-corrected chi connectivity index (χ2v) is 7.07. The van der Waals surface area contributed by atoms with Crippen LogP contribution < -0.4 is 11.1 Å². The maximum Gasteiger partial charge on any atom is 0.258 e. The molecule has 0 aliphatic carbocycles. The van der Waals surface area contributed by atoms with Gasteiger partial charge in [-0.1, -0.05) is 6.07 Å². The molecule has 2 amide bonds. The minimum atomic E-state index is -0.287. The van der Waals surface area contributed by atoms with Gasteiger partial charge in [0.15, 0.2) is 0 Å². The number of benzene rings is 1. The number of hydrogen-bond acceptors (Lipinski definition) is 5. The number of carbonyl (C=O) groups is 2. The highest BCUT2D eigenvalue weighted by atomic mass is 32.2. The lowest BCUT2D eigenvalue weighted by atomic mass is 10.0. The van der Waals surface area contributed by atoms with Crippen molar-refractivity contribution in [3.63, 3.8) is 0 Å². The Morgan fingerprint density at radius 3 is 2.76 bits per heavy atom. The van der Waals surface area contributed by atoms with Gasteiger partial charge in [0.1, 0.15) is 12.0 Å². The highest BCUT2D eigenvalue weighted by molar-refractivity contribution is 7.99. The van der Waals surface area contributed by atoms with Crippen LogP contribution in [-0.4, -0.2) is 41.3 Å².